The maximum absolute atomic E-state index is 13.0. The third-order valence-corrected chi connectivity index (χ3v) is 1.74. The SMILES string of the molecule is CNCCCOc1cccc(F)c1F. The van der Waals surface area contributed by atoms with Gasteiger partial charge >= 0.3 is 0 Å². The van der Waals surface area contributed by atoms with Crippen LogP contribution in [0.3, 0.4) is 0 Å². The number of nitrogens with one attached hydrogen (secondary N) is 1. The highest BCUT2D eigenvalue weighted by Crippen LogP contribution is 2.18. The maximum atomic E-state index is 13.0. The van der Waals surface area contributed by atoms with Crippen LogP contribution in [-0.4, -0.2) is 20.2 Å². The van der Waals surface area contributed by atoms with Crippen molar-refractivity contribution in [3.05, 3.63) is 29.8 Å². The minimum Gasteiger partial charge on any atom is -0.490 e. The molecule has 0 atom stereocenters. The lowest BCUT2D eigenvalue weighted by atomic mass is 10.3. The molecule has 0 aliphatic rings. The van der Waals surface area contributed by atoms with Crippen LogP contribution in [0.5, 0.6) is 5.75 Å². The summed E-state index contributed by atoms with van der Waals surface area (Å²) in [5.41, 5.74) is 0. The van der Waals surface area contributed by atoms with Crippen molar-refractivity contribution >= 4 is 0 Å². The molecule has 14 heavy (non-hydrogen) atoms. The van der Waals surface area contributed by atoms with Crippen LogP contribution in [-0.2, 0) is 0 Å². The Labute approximate surface area is 81.9 Å². The lowest BCUT2D eigenvalue weighted by Gasteiger charge is -2.06. The molecule has 0 radical (unpaired) electrons. The number of ether oxygens (including phenoxy) is 1. The quantitative estimate of drug-likeness (QED) is 0.735. The molecule has 2 nitrogen and oxygen atoms in total. The zero-order chi connectivity index (χ0) is 10.4. The Bertz CT molecular complexity index is 291. The fraction of sp³-hybridized carbons (Fsp3) is 0.400. The Kier molecular flexibility index (Phi) is 4.32. The first-order valence-electron chi connectivity index (χ1n) is 4.47. The van der Waals surface area contributed by atoms with Gasteiger partial charge in [-0.1, -0.05) is 6.07 Å². The molecule has 0 fully saturated rings. The van der Waals surface area contributed by atoms with Crippen LogP contribution in [0.2, 0.25) is 0 Å². The fourth-order valence-electron chi connectivity index (χ4n) is 1.03. The van der Waals surface area contributed by atoms with Crippen molar-refractivity contribution in [2.45, 2.75) is 6.42 Å². The van der Waals surface area contributed by atoms with E-state index < -0.39 is 11.6 Å². The Hall–Kier alpha value is -1.16. The first kappa shape index (κ1) is 10.9. The summed E-state index contributed by atoms with van der Waals surface area (Å²) in [6.07, 6.45) is 0.756. The molecule has 78 valence electrons. The van der Waals surface area contributed by atoms with Crippen LogP contribution in [0.25, 0.3) is 0 Å². The number of halogens is 2. The standard InChI is InChI=1S/C10H13F2NO/c1-13-6-3-7-14-9-5-2-4-8(11)10(9)12/h2,4-5,13H,3,6-7H2,1H3. The topological polar surface area (TPSA) is 21.3 Å². The van der Waals surface area contributed by atoms with Gasteiger partial charge in [-0.25, -0.2) is 4.39 Å². The average molecular weight is 201 g/mol. The van der Waals surface area contributed by atoms with Gasteiger partial charge in [0.05, 0.1) is 6.61 Å². The van der Waals surface area contributed by atoms with Crippen molar-refractivity contribution in [2.75, 3.05) is 20.2 Å². The Morgan fingerprint density at radius 2 is 2.14 bits per heavy atom. The largest absolute Gasteiger partial charge is 0.490 e. The third kappa shape index (κ3) is 2.96. The molecule has 1 aromatic rings. The van der Waals surface area contributed by atoms with Crippen LogP contribution in [0.4, 0.5) is 8.78 Å². The van der Waals surface area contributed by atoms with Gasteiger partial charge in [-0.3, -0.25) is 0 Å². The first-order chi connectivity index (χ1) is 6.75. The second-order valence-corrected chi connectivity index (χ2v) is 2.86. The molecule has 0 unspecified atom stereocenters. The Morgan fingerprint density at radius 1 is 1.36 bits per heavy atom. The zero-order valence-electron chi connectivity index (χ0n) is 8.02. The highest BCUT2D eigenvalue weighted by molar-refractivity contribution is 5.24. The maximum Gasteiger partial charge on any atom is 0.200 e. The fourth-order valence-corrected chi connectivity index (χ4v) is 1.03. The summed E-state index contributed by atoms with van der Waals surface area (Å²) in [6, 6.07) is 3.90. The molecular formula is C10H13F2NO. The van der Waals surface area contributed by atoms with E-state index in [1.54, 1.807) is 0 Å². The molecule has 0 aromatic heterocycles. The Balaban J connectivity index is 2.46. The highest BCUT2D eigenvalue weighted by Gasteiger charge is 2.07. The van der Waals surface area contributed by atoms with Crippen molar-refractivity contribution in [3.8, 4) is 5.75 Å². The van der Waals surface area contributed by atoms with E-state index in [2.05, 4.69) is 5.32 Å². The minimum atomic E-state index is -0.919. The predicted molar refractivity (Wildman–Crippen MR) is 50.4 cm³/mol. The molecule has 0 saturated carbocycles. The van der Waals surface area contributed by atoms with Gasteiger partial charge in [-0.2, -0.15) is 4.39 Å². The van der Waals surface area contributed by atoms with Crippen molar-refractivity contribution < 1.29 is 13.5 Å². The second kappa shape index (κ2) is 5.54. The first-order valence-corrected chi connectivity index (χ1v) is 4.47. The van der Waals surface area contributed by atoms with E-state index in [0.717, 1.165) is 19.0 Å². The molecular weight excluding hydrogens is 188 g/mol. The monoisotopic (exact) mass is 201 g/mol. The van der Waals surface area contributed by atoms with Crippen molar-refractivity contribution in [2.24, 2.45) is 0 Å². The molecule has 0 spiro atoms. The number of hydrogen-bond acceptors (Lipinski definition) is 2. The smallest absolute Gasteiger partial charge is 0.200 e. The summed E-state index contributed by atoms with van der Waals surface area (Å²) < 4.78 is 30.7. The van der Waals surface area contributed by atoms with Gasteiger partial charge in [0.2, 0.25) is 5.82 Å². The lowest BCUT2D eigenvalue weighted by Crippen LogP contribution is -2.12. The molecule has 1 rings (SSSR count). The van der Waals surface area contributed by atoms with Gasteiger partial charge < -0.3 is 10.1 Å². The van der Waals surface area contributed by atoms with Gasteiger partial charge in [-0.05, 0) is 32.1 Å². The molecule has 0 amide bonds. The van der Waals surface area contributed by atoms with E-state index in [4.69, 9.17) is 4.74 Å². The molecule has 0 bridgehead atoms. The average Bonchev–Trinajstić information content (AvgIpc) is 2.19. The van der Waals surface area contributed by atoms with Crippen LogP contribution >= 0.6 is 0 Å². The molecule has 1 aromatic carbocycles. The molecule has 0 aliphatic carbocycles. The minimum absolute atomic E-state index is 0.0268. The molecule has 1 N–H and O–H groups in total. The van der Waals surface area contributed by atoms with Crippen LogP contribution in [0.15, 0.2) is 18.2 Å². The van der Waals surface area contributed by atoms with Crippen LogP contribution < -0.4 is 10.1 Å². The molecule has 0 heterocycles. The summed E-state index contributed by atoms with van der Waals surface area (Å²) >= 11 is 0. The zero-order valence-corrected chi connectivity index (χ0v) is 8.02. The van der Waals surface area contributed by atoms with Gasteiger partial charge in [0.25, 0.3) is 0 Å². The van der Waals surface area contributed by atoms with Crippen molar-refractivity contribution in [1.82, 2.24) is 5.32 Å². The molecule has 0 saturated heterocycles. The van der Waals surface area contributed by atoms with Crippen LogP contribution in [0.1, 0.15) is 6.42 Å². The van der Waals surface area contributed by atoms with Gasteiger partial charge in [0, 0.05) is 0 Å². The van der Waals surface area contributed by atoms with Crippen molar-refractivity contribution in [3.63, 3.8) is 0 Å². The van der Waals surface area contributed by atoms with Gasteiger partial charge in [0.15, 0.2) is 11.6 Å². The van der Waals surface area contributed by atoms with Gasteiger partial charge in [0.1, 0.15) is 0 Å². The van der Waals surface area contributed by atoms with E-state index in [1.165, 1.54) is 12.1 Å². The molecule has 4 heteroatoms. The van der Waals surface area contributed by atoms with E-state index in [9.17, 15) is 8.78 Å². The van der Waals surface area contributed by atoms with Crippen molar-refractivity contribution in [1.29, 1.82) is 0 Å². The summed E-state index contributed by atoms with van der Waals surface area (Å²) in [4.78, 5) is 0. The Morgan fingerprint density at radius 3 is 2.86 bits per heavy atom. The van der Waals surface area contributed by atoms with E-state index >= 15 is 0 Å². The third-order valence-electron chi connectivity index (χ3n) is 1.74. The summed E-state index contributed by atoms with van der Waals surface area (Å²) in [5, 5.41) is 2.93. The highest BCUT2D eigenvalue weighted by atomic mass is 19.2. The van der Waals surface area contributed by atoms with Gasteiger partial charge in [-0.15, -0.1) is 0 Å². The summed E-state index contributed by atoms with van der Waals surface area (Å²) in [7, 11) is 1.82. The van der Waals surface area contributed by atoms with E-state index in [-0.39, 0.29) is 5.75 Å². The number of hydrogen-bond donors (Lipinski definition) is 1. The van der Waals surface area contributed by atoms with Crippen LogP contribution in [0, 0.1) is 11.6 Å². The normalized spacial score (nSPS) is 10.2. The van der Waals surface area contributed by atoms with E-state index in [1.807, 2.05) is 7.05 Å². The van der Waals surface area contributed by atoms with E-state index in [0.29, 0.717) is 6.61 Å². The number of rotatable bonds is 5. The second-order valence-electron chi connectivity index (χ2n) is 2.86. The lowest BCUT2D eigenvalue weighted by molar-refractivity contribution is 0.289. The summed E-state index contributed by atoms with van der Waals surface area (Å²) in [6.45, 7) is 1.16. The molecule has 0 aliphatic heterocycles. The number of benzene rings is 1. The predicted octanol–water partition coefficient (Wildman–Crippen LogP) is 1.95. The summed E-state index contributed by atoms with van der Waals surface area (Å²) in [5.74, 6) is -1.82.